The summed E-state index contributed by atoms with van der Waals surface area (Å²) in [7, 11) is 0. The zero-order valence-corrected chi connectivity index (χ0v) is 22.5. The van der Waals surface area contributed by atoms with Crippen molar-refractivity contribution in [2.24, 2.45) is 5.41 Å². The summed E-state index contributed by atoms with van der Waals surface area (Å²) in [6, 6.07) is 30.1. The van der Waals surface area contributed by atoms with Crippen molar-refractivity contribution in [3.05, 3.63) is 106 Å². The fraction of sp³-hybridized carbons (Fsp3) is 0.367. The molecule has 184 valence electrons. The molecule has 2 heterocycles. The number of rotatable bonds is 7. The van der Waals surface area contributed by atoms with Gasteiger partial charge in [-0.2, -0.15) is 0 Å². The van der Waals surface area contributed by atoms with E-state index in [0.29, 0.717) is 18.2 Å². The van der Waals surface area contributed by atoms with Gasteiger partial charge in [-0.25, -0.2) is 0 Å². The maximum Gasteiger partial charge on any atom is 0.223 e. The Labute approximate surface area is 224 Å². The largest absolute Gasteiger partial charge is 0.338 e. The van der Waals surface area contributed by atoms with Crippen molar-refractivity contribution in [2.45, 2.75) is 38.1 Å². The molecule has 0 bridgehead atoms. The summed E-state index contributed by atoms with van der Waals surface area (Å²) in [4.78, 5) is 17.5. The van der Waals surface area contributed by atoms with Gasteiger partial charge < -0.3 is 9.80 Å². The third-order valence-corrected chi connectivity index (χ3v) is 8.28. The normalized spacial score (nSPS) is 17.7. The first kappa shape index (κ1) is 25.9. The zero-order valence-electron chi connectivity index (χ0n) is 20.1. The maximum absolute atomic E-state index is 12.8. The second-order valence-corrected chi connectivity index (χ2v) is 11.0. The third kappa shape index (κ3) is 6.35. The lowest BCUT2D eigenvalue weighted by Crippen LogP contribution is -2.42. The van der Waals surface area contributed by atoms with E-state index in [2.05, 4.69) is 111 Å². The highest BCUT2D eigenvalue weighted by Crippen LogP contribution is 2.42. The molecular formula is C30H34BrClN2O. The van der Waals surface area contributed by atoms with Gasteiger partial charge in [-0.05, 0) is 73.1 Å². The van der Waals surface area contributed by atoms with Crippen LogP contribution in [-0.2, 0) is 11.3 Å². The number of carbonyl (C=O) groups excluding carboxylic acids is 1. The van der Waals surface area contributed by atoms with Crippen molar-refractivity contribution in [3.63, 3.8) is 0 Å². The SMILES string of the molecule is Cl.O=C1CC2(CCN(CCC(c3ccccc3)c3ccccc3)CC2)CN1Cc1ccc(Br)cc1. The summed E-state index contributed by atoms with van der Waals surface area (Å²) in [6.45, 7) is 4.92. The zero-order chi connectivity index (χ0) is 23.4. The van der Waals surface area contributed by atoms with Crippen LogP contribution in [0.2, 0.25) is 0 Å². The summed E-state index contributed by atoms with van der Waals surface area (Å²) >= 11 is 3.50. The summed E-state index contributed by atoms with van der Waals surface area (Å²) < 4.78 is 1.08. The highest BCUT2D eigenvalue weighted by molar-refractivity contribution is 9.10. The van der Waals surface area contributed by atoms with Crippen LogP contribution in [0.3, 0.4) is 0 Å². The molecule has 3 aromatic rings. The van der Waals surface area contributed by atoms with E-state index in [4.69, 9.17) is 0 Å². The van der Waals surface area contributed by atoms with Crippen LogP contribution < -0.4 is 0 Å². The number of likely N-dealkylation sites (tertiary alicyclic amines) is 2. The van der Waals surface area contributed by atoms with Gasteiger partial charge in [0.15, 0.2) is 0 Å². The van der Waals surface area contributed by atoms with E-state index in [1.165, 1.54) is 16.7 Å². The van der Waals surface area contributed by atoms with Crippen LogP contribution >= 0.6 is 28.3 Å². The number of piperidine rings is 1. The molecule has 0 atom stereocenters. The summed E-state index contributed by atoms with van der Waals surface area (Å²) in [6.07, 6.45) is 4.08. The Kier molecular flexibility index (Phi) is 8.69. The van der Waals surface area contributed by atoms with Crippen molar-refractivity contribution < 1.29 is 4.79 Å². The molecule has 2 aliphatic heterocycles. The van der Waals surface area contributed by atoms with Gasteiger partial charge in [0, 0.05) is 29.9 Å². The van der Waals surface area contributed by atoms with Gasteiger partial charge in [0.25, 0.3) is 0 Å². The Morgan fingerprint density at radius 2 is 1.40 bits per heavy atom. The number of benzene rings is 3. The van der Waals surface area contributed by atoms with E-state index in [1.807, 2.05) is 0 Å². The molecule has 2 fully saturated rings. The van der Waals surface area contributed by atoms with Crippen LogP contribution in [0.25, 0.3) is 0 Å². The topological polar surface area (TPSA) is 23.6 Å². The highest BCUT2D eigenvalue weighted by atomic mass is 79.9. The second-order valence-electron chi connectivity index (χ2n) is 10.1. The van der Waals surface area contributed by atoms with Crippen LogP contribution in [0.1, 0.15) is 48.3 Å². The van der Waals surface area contributed by atoms with Crippen LogP contribution in [0, 0.1) is 5.41 Å². The first-order valence-corrected chi connectivity index (χ1v) is 13.2. The van der Waals surface area contributed by atoms with Crippen molar-refractivity contribution in [3.8, 4) is 0 Å². The molecule has 2 saturated heterocycles. The van der Waals surface area contributed by atoms with E-state index in [1.54, 1.807) is 0 Å². The monoisotopic (exact) mass is 552 g/mol. The van der Waals surface area contributed by atoms with E-state index in [-0.39, 0.29) is 17.8 Å². The van der Waals surface area contributed by atoms with E-state index < -0.39 is 0 Å². The molecule has 3 nitrogen and oxygen atoms in total. The molecule has 0 radical (unpaired) electrons. The molecule has 2 aliphatic rings. The smallest absolute Gasteiger partial charge is 0.223 e. The molecular weight excluding hydrogens is 520 g/mol. The number of nitrogens with zero attached hydrogens (tertiary/aromatic N) is 2. The van der Waals surface area contributed by atoms with Crippen LogP contribution in [0.5, 0.6) is 0 Å². The van der Waals surface area contributed by atoms with Gasteiger partial charge in [-0.1, -0.05) is 88.7 Å². The number of hydrogen-bond donors (Lipinski definition) is 0. The lowest BCUT2D eigenvalue weighted by Gasteiger charge is -2.39. The first-order chi connectivity index (χ1) is 16.6. The molecule has 0 saturated carbocycles. The molecule has 1 spiro atoms. The predicted octanol–water partition coefficient (Wildman–Crippen LogP) is 6.91. The quantitative estimate of drug-likeness (QED) is 0.317. The van der Waals surface area contributed by atoms with E-state index >= 15 is 0 Å². The minimum absolute atomic E-state index is 0. The van der Waals surface area contributed by atoms with Gasteiger partial charge in [0.1, 0.15) is 0 Å². The highest BCUT2D eigenvalue weighted by Gasteiger charge is 2.44. The predicted molar refractivity (Wildman–Crippen MR) is 149 cm³/mol. The van der Waals surface area contributed by atoms with Crippen molar-refractivity contribution in [2.75, 3.05) is 26.2 Å². The standard InChI is InChI=1S/C30H33BrN2O.ClH/c31-27-13-11-24(12-14-27)22-33-23-30(21-29(33)34)16-19-32(20-17-30)18-15-28(25-7-3-1-4-8-25)26-9-5-2-6-10-26;/h1-14,28H,15-23H2;1H. The lowest BCUT2D eigenvalue weighted by atomic mass is 9.77. The van der Waals surface area contributed by atoms with Gasteiger partial charge >= 0.3 is 0 Å². The Hall–Kier alpha value is -2.14. The van der Waals surface area contributed by atoms with Crippen molar-refractivity contribution in [1.82, 2.24) is 9.80 Å². The molecule has 5 heteroatoms. The molecule has 1 amide bonds. The molecule has 35 heavy (non-hydrogen) atoms. The first-order valence-electron chi connectivity index (χ1n) is 12.4. The van der Waals surface area contributed by atoms with Crippen molar-refractivity contribution in [1.29, 1.82) is 0 Å². The second kappa shape index (κ2) is 11.7. The van der Waals surface area contributed by atoms with E-state index in [0.717, 1.165) is 56.5 Å². The molecule has 0 aromatic heterocycles. The Balaban J connectivity index is 0.00000289. The van der Waals surface area contributed by atoms with Crippen LogP contribution in [0.4, 0.5) is 0 Å². The number of halogens is 2. The average molecular weight is 554 g/mol. The third-order valence-electron chi connectivity index (χ3n) is 7.75. The average Bonchev–Trinajstić information content (AvgIpc) is 3.17. The summed E-state index contributed by atoms with van der Waals surface area (Å²) in [5, 5.41) is 0. The minimum atomic E-state index is 0. The van der Waals surface area contributed by atoms with Gasteiger partial charge in [-0.15, -0.1) is 12.4 Å². The van der Waals surface area contributed by atoms with Crippen LogP contribution in [0.15, 0.2) is 89.4 Å². The van der Waals surface area contributed by atoms with E-state index in [9.17, 15) is 4.79 Å². The van der Waals surface area contributed by atoms with Crippen molar-refractivity contribution >= 4 is 34.2 Å². The summed E-state index contributed by atoms with van der Waals surface area (Å²) in [5.41, 5.74) is 4.17. The molecule has 3 aromatic carbocycles. The molecule has 5 rings (SSSR count). The Morgan fingerprint density at radius 3 is 1.97 bits per heavy atom. The van der Waals surface area contributed by atoms with Gasteiger partial charge in [-0.3, -0.25) is 4.79 Å². The molecule has 0 N–H and O–H groups in total. The maximum atomic E-state index is 12.8. The minimum Gasteiger partial charge on any atom is -0.338 e. The summed E-state index contributed by atoms with van der Waals surface area (Å²) in [5.74, 6) is 0.748. The lowest BCUT2D eigenvalue weighted by molar-refractivity contribution is -0.128. The molecule has 0 aliphatic carbocycles. The Bertz CT molecular complexity index is 1040. The van der Waals surface area contributed by atoms with Gasteiger partial charge in [0.05, 0.1) is 0 Å². The number of amides is 1. The van der Waals surface area contributed by atoms with Gasteiger partial charge in [0.2, 0.25) is 5.91 Å². The molecule has 0 unspecified atom stereocenters. The van der Waals surface area contributed by atoms with Crippen LogP contribution in [-0.4, -0.2) is 41.9 Å². The number of hydrogen-bond acceptors (Lipinski definition) is 2. The fourth-order valence-corrected chi connectivity index (χ4v) is 5.99. The number of carbonyl (C=O) groups is 1. The fourth-order valence-electron chi connectivity index (χ4n) is 5.73. The Morgan fingerprint density at radius 1 is 0.829 bits per heavy atom.